The molecule has 1 heterocycles. The molecule has 0 aliphatic carbocycles. The van der Waals surface area contributed by atoms with Gasteiger partial charge in [0.15, 0.2) is 11.0 Å². The lowest BCUT2D eigenvalue weighted by atomic mass is 10.2. The van der Waals surface area contributed by atoms with E-state index in [1.807, 2.05) is 47.9 Å². The summed E-state index contributed by atoms with van der Waals surface area (Å²) in [7, 11) is 0. The number of ether oxygens (including phenoxy) is 1. The van der Waals surface area contributed by atoms with E-state index in [0.29, 0.717) is 26.7 Å². The molecule has 1 N–H and O–H groups in total. The van der Waals surface area contributed by atoms with Gasteiger partial charge >= 0.3 is 0 Å². The number of nitrogens with one attached hydrogen (secondary N) is 1. The smallest absolute Gasteiger partial charge is 0.234 e. The van der Waals surface area contributed by atoms with Crippen LogP contribution in [0.5, 0.6) is 5.75 Å². The summed E-state index contributed by atoms with van der Waals surface area (Å²) >= 11 is 13.2. The molecule has 0 bridgehead atoms. The highest BCUT2D eigenvalue weighted by Gasteiger charge is 2.17. The molecule has 0 aliphatic rings. The van der Waals surface area contributed by atoms with E-state index in [-0.39, 0.29) is 18.3 Å². The van der Waals surface area contributed by atoms with Crippen LogP contribution in [0.3, 0.4) is 0 Å². The molecule has 4 aromatic rings. The van der Waals surface area contributed by atoms with Crippen LogP contribution in [0.4, 0.5) is 5.69 Å². The topological polar surface area (TPSA) is 69.0 Å². The minimum Gasteiger partial charge on any atom is -0.486 e. The van der Waals surface area contributed by atoms with Gasteiger partial charge < -0.3 is 10.1 Å². The molecule has 0 atom stereocenters. The Hall–Kier alpha value is -3.00. The number of hydrogen-bond acceptors (Lipinski definition) is 5. The number of aromatic nitrogens is 3. The van der Waals surface area contributed by atoms with Crippen molar-refractivity contribution >= 4 is 46.6 Å². The molecule has 33 heavy (non-hydrogen) atoms. The average Bonchev–Trinajstić information content (AvgIpc) is 3.22. The number of carbonyl (C=O) groups is 1. The van der Waals surface area contributed by atoms with Crippen molar-refractivity contribution in [1.82, 2.24) is 14.8 Å². The molecule has 0 spiro atoms. The zero-order valence-corrected chi connectivity index (χ0v) is 20.0. The third-order valence-corrected chi connectivity index (χ3v) is 6.07. The van der Waals surface area contributed by atoms with Crippen molar-refractivity contribution in [1.29, 1.82) is 0 Å². The van der Waals surface area contributed by atoms with Crippen molar-refractivity contribution in [3.8, 4) is 11.4 Å². The summed E-state index contributed by atoms with van der Waals surface area (Å²) in [6.07, 6.45) is 0. The van der Waals surface area contributed by atoms with Gasteiger partial charge in [-0.05, 0) is 67.6 Å². The van der Waals surface area contributed by atoms with Crippen molar-refractivity contribution in [3.05, 3.63) is 94.2 Å². The fraction of sp³-hybridized carbons (Fsp3) is 0.125. The fourth-order valence-electron chi connectivity index (χ4n) is 2.98. The highest BCUT2D eigenvalue weighted by Crippen LogP contribution is 2.25. The van der Waals surface area contributed by atoms with E-state index in [4.69, 9.17) is 27.9 Å². The van der Waals surface area contributed by atoms with Gasteiger partial charge in [-0.2, -0.15) is 0 Å². The summed E-state index contributed by atoms with van der Waals surface area (Å²) in [6.45, 7) is 2.24. The Bertz CT molecular complexity index is 1230. The van der Waals surface area contributed by atoms with Gasteiger partial charge in [0.2, 0.25) is 5.91 Å². The Morgan fingerprint density at radius 3 is 2.24 bits per heavy atom. The largest absolute Gasteiger partial charge is 0.486 e. The lowest BCUT2D eigenvalue weighted by Gasteiger charge is -2.11. The molecule has 4 rings (SSSR count). The number of benzene rings is 3. The van der Waals surface area contributed by atoms with Gasteiger partial charge in [-0.15, -0.1) is 10.2 Å². The second kappa shape index (κ2) is 10.7. The van der Waals surface area contributed by atoms with Crippen molar-refractivity contribution < 1.29 is 9.53 Å². The standard InChI is InChI=1S/C24H20Cl2N4O2S/c1-16-2-12-21(13-3-16)32-14-22-28-29-24(30(22)20-10-6-18(26)7-11-20)33-15-23(31)27-19-8-4-17(25)5-9-19/h2-13H,14-15H2,1H3,(H,27,31). The first-order chi connectivity index (χ1) is 16.0. The second-order valence-corrected chi connectivity index (χ2v) is 8.97. The predicted octanol–water partition coefficient (Wildman–Crippen LogP) is 6.19. The van der Waals surface area contributed by atoms with Gasteiger partial charge in [0.05, 0.1) is 5.75 Å². The summed E-state index contributed by atoms with van der Waals surface area (Å²) in [4.78, 5) is 12.4. The zero-order chi connectivity index (χ0) is 23.2. The maximum absolute atomic E-state index is 12.4. The van der Waals surface area contributed by atoms with Gasteiger partial charge in [-0.1, -0.05) is 52.7 Å². The van der Waals surface area contributed by atoms with Crippen LogP contribution >= 0.6 is 35.0 Å². The first kappa shape index (κ1) is 23.2. The highest BCUT2D eigenvalue weighted by molar-refractivity contribution is 7.99. The average molecular weight is 499 g/mol. The zero-order valence-electron chi connectivity index (χ0n) is 17.7. The minimum atomic E-state index is -0.162. The molecule has 6 nitrogen and oxygen atoms in total. The Morgan fingerprint density at radius 1 is 0.939 bits per heavy atom. The van der Waals surface area contributed by atoms with E-state index in [0.717, 1.165) is 17.0 Å². The van der Waals surface area contributed by atoms with Crippen molar-refractivity contribution in [2.24, 2.45) is 0 Å². The molecule has 0 radical (unpaired) electrons. The van der Waals surface area contributed by atoms with Crippen molar-refractivity contribution in [2.45, 2.75) is 18.7 Å². The molecule has 168 valence electrons. The molecular formula is C24H20Cl2N4O2S. The van der Waals surface area contributed by atoms with Gasteiger partial charge in [0.1, 0.15) is 12.4 Å². The number of thioether (sulfide) groups is 1. The van der Waals surface area contributed by atoms with Crippen LogP contribution in [0.25, 0.3) is 5.69 Å². The van der Waals surface area contributed by atoms with E-state index in [1.165, 1.54) is 11.8 Å². The maximum atomic E-state index is 12.4. The summed E-state index contributed by atoms with van der Waals surface area (Å²) in [5.74, 6) is 1.35. The van der Waals surface area contributed by atoms with Crippen LogP contribution in [-0.4, -0.2) is 26.4 Å². The molecule has 0 unspecified atom stereocenters. The first-order valence-electron chi connectivity index (χ1n) is 10.1. The number of anilines is 1. The molecular weight excluding hydrogens is 479 g/mol. The summed E-state index contributed by atoms with van der Waals surface area (Å²) < 4.78 is 7.78. The number of amides is 1. The molecule has 0 saturated carbocycles. The Kier molecular flexibility index (Phi) is 7.54. The van der Waals surface area contributed by atoms with E-state index < -0.39 is 0 Å². The van der Waals surface area contributed by atoms with Crippen LogP contribution in [0, 0.1) is 6.92 Å². The molecule has 1 aromatic heterocycles. The van der Waals surface area contributed by atoms with Crippen LogP contribution in [-0.2, 0) is 11.4 Å². The lowest BCUT2D eigenvalue weighted by molar-refractivity contribution is -0.113. The number of hydrogen-bond donors (Lipinski definition) is 1. The maximum Gasteiger partial charge on any atom is 0.234 e. The SMILES string of the molecule is Cc1ccc(OCc2nnc(SCC(=O)Nc3ccc(Cl)cc3)n2-c2ccc(Cl)cc2)cc1. The van der Waals surface area contributed by atoms with E-state index in [2.05, 4.69) is 15.5 Å². The van der Waals surface area contributed by atoms with Gasteiger partial charge in [-0.3, -0.25) is 9.36 Å². The van der Waals surface area contributed by atoms with E-state index in [9.17, 15) is 4.79 Å². The van der Waals surface area contributed by atoms with Crippen molar-refractivity contribution in [2.75, 3.05) is 11.1 Å². The summed E-state index contributed by atoms with van der Waals surface area (Å²) in [5.41, 5.74) is 2.66. The van der Waals surface area contributed by atoms with Crippen LogP contribution in [0.15, 0.2) is 78.0 Å². The van der Waals surface area contributed by atoms with Gasteiger partial charge in [0.25, 0.3) is 0 Å². The normalized spacial score (nSPS) is 10.8. The molecule has 1 amide bonds. The number of carbonyl (C=O) groups excluding carboxylic acids is 1. The monoisotopic (exact) mass is 498 g/mol. The quantitative estimate of drug-likeness (QED) is 0.293. The predicted molar refractivity (Wildman–Crippen MR) is 133 cm³/mol. The highest BCUT2D eigenvalue weighted by atomic mass is 35.5. The molecule has 0 saturated heterocycles. The second-order valence-electron chi connectivity index (χ2n) is 7.16. The number of nitrogens with zero attached hydrogens (tertiary/aromatic N) is 3. The third-order valence-electron chi connectivity index (χ3n) is 4.63. The number of halogens is 2. The van der Waals surface area contributed by atoms with E-state index in [1.54, 1.807) is 36.4 Å². The molecule has 9 heteroatoms. The van der Waals surface area contributed by atoms with Crippen molar-refractivity contribution in [3.63, 3.8) is 0 Å². The molecule has 0 aliphatic heterocycles. The Balaban J connectivity index is 1.50. The Morgan fingerprint density at radius 2 is 1.58 bits per heavy atom. The lowest BCUT2D eigenvalue weighted by Crippen LogP contribution is -2.14. The number of aryl methyl sites for hydroxylation is 1. The Labute approximate surface area is 205 Å². The first-order valence-corrected chi connectivity index (χ1v) is 11.8. The minimum absolute atomic E-state index is 0.160. The van der Waals surface area contributed by atoms with Crippen LogP contribution in [0.1, 0.15) is 11.4 Å². The summed E-state index contributed by atoms with van der Waals surface area (Å²) in [5, 5.41) is 13.3. The molecule has 3 aromatic carbocycles. The van der Waals surface area contributed by atoms with Crippen LogP contribution < -0.4 is 10.1 Å². The van der Waals surface area contributed by atoms with Crippen LogP contribution in [0.2, 0.25) is 10.0 Å². The third kappa shape index (κ3) is 6.28. The van der Waals surface area contributed by atoms with Gasteiger partial charge in [0, 0.05) is 21.4 Å². The fourth-order valence-corrected chi connectivity index (χ4v) is 4.00. The summed E-state index contributed by atoms with van der Waals surface area (Å²) in [6, 6.07) is 22.1. The molecule has 0 fully saturated rings. The van der Waals surface area contributed by atoms with E-state index >= 15 is 0 Å². The number of rotatable bonds is 8. The van der Waals surface area contributed by atoms with Gasteiger partial charge in [-0.25, -0.2) is 0 Å².